The van der Waals surface area contributed by atoms with E-state index in [9.17, 15) is 10.1 Å². The second-order valence-electron chi connectivity index (χ2n) is 10.6. The van der Waals surface area contributed by atoms with Gasteiger partial charge < -0.3 is 10.2 Å². The Labute approximate surface area is 197 Å². The molecule has 4 saturated carbocycles. The summed E-state index contributed by atoms with van der Waals surface area (Å²) in [6, 6.07) is 22.3. The average Bonchev–Trinajstić information content (AvgIpc) is 2.82. The predicted octanol–water partition coefficient (Wildman–Crippen LogP) is 5.82. The highest BCUT2D eigenvalue weighted by atomic mass is 16.1. The molecule has 0 radical (unpaired) electrons. The Hall–Kier alpha value is -3.06. The summed E-state index contributed by atoms with van der Waals surface area (Å²) in [5.41, 5.74) is 2.45. The molecule has 0 aliphatic heterocycles. The Morgan fingerprint density at radius 1 is 1.03 bits per heavy atom. The zero-order valence-electron chi connectivity index (χ0n) is 19.4. The molecular formula is C29H33N3O. The minimum Gasteiger partial charge on any atom is -0.348 e. The van der Waals surface area contributed by atoms with E-state index in [4.69, 9.17) is 0 Å². The van der Waals surface area contributed by atoms with E-state index < -0.39 is 0 Å². The van der Waals surface area contributed by atoms with Gasteiger partial charge in [0.25, 0.3) is 5.91 Å². The molecule has 4 aliphatic carbocycles. The minimum absolute atomic E-state index is 0.0921. The van der Waals surface area contributed by atoms with Crippen molar-refractivity contribution in [3.8, 4) is 6.07 Å². The highest BCUT2D eigenvalue weighted by Gasteiger charge is 2.53. The van der Waals surface area contributed by atoms with Crippen molar-refractivity contribution in [2.45, 2.75) is 58.0 Å². The fourth-order valence-electron chi connectivity index (χ4n) is 7.04. The molecule has 0 aromatic heterocycles. The summed E-state index contributed by atoms with van der Waals surface area (Å²) in [6.07, 6.45) is 9.56. The van der Waals surface area contributed by atoms with Crippen LogP contribution in [-0.4, -0.2) is 11.9 Å². The van der Waals surface area contributed by atoms with E-state index >= 15 is 0 Å². The molecule has 2 aromatic rings. The van der Waals surface area contributed by atoms with E-state index in [0.29, 0.717) is 6.54 Å². The van der Waals surface area contributed by atoms with Crippen molar-refractivity contribution >= 4 is 11.6 Å². The number of hydrogen-bond acceptors (Lipinski definition) is 3. The van der Waals surface area contributed by atoms with Crippen LogP contribution in [0, 0.1) is 34.5 Å². The fraction of sp³-hybridized carbons (Fsp3) is 0.448. The largest absolute Gasteiger partial charge is 0.348 e. The lowest BCUT2D eigenvalue weighted by Crippen LogP contribution is -2.56. The Bertz CT molecular complexity index is 1020. The first-order valence-electron chi connectivity index (χ1n) is 12.3. The second-order valence-corrected chi connectivity index (χ2v) is 10.6. The standard InChI is InChI=1S/C29H33N3O/c1-21(29-15-23-12-24(16-29)14-25(13-23)17-29)31-28(33)26(18-30)20-32(27-10-6-3-7-11-27)19-22-8-4-2-5-9-22/h2-11,20-21,23-25H,12-17,19H2,1H3,(H,31,33)/b26-20-. The smallest absolute Gasteiger partial charge is 0.263 e. The number of nitrogens with one attached hydrogen (secondary N) is 1. The number of hydrogen-bond donors (Lipinski definition) is 1. The fourth-order valence-corrected chi connectivity index (χ4v) is 7.04. The molecule has 33 heavy (non-hydrogen) atoms. The molecule has 170 valence electrons. The van der Waals surface area contributed by atoms with Crippen LogP contribution in [0.15, 0.2) is 72.4 Å². The van der Waals surface area contributed by atoms with Gasteiger partial charge in [-0.15, -0.1) is 0 Å². The maximum atomic E-state index is 13.3. The molecule has 4 bridgehead atoms. The minimum atomic E-state index is -0.255. The molecule has 1 unspecified atom stereocenters. The number of carbonyl (C=O) groups excluding carboxylic acids is 1. The van der Waals surface area contributed by atoms with Crippen LogP contribution in [-0.2, 0) is 11.3 Å². The van der Waals surface area contributed by atoms with Gasteiger partial charge in [-0.25, -0.2) is 0 Å². The number of para-hydroxylation sites is 1. The van der Waals surface area contributed by atoms with E-state index in [1.807, 2.05) is 53.4 Å². The molecule has 0 heterocycles. The molecule has 1 N–H and O–H groups in total. The number of carbonyl (C=O) groups is 1. The van der Waals surface area contributed by atoms with Crippen LogP contribution in [0.3, 0.4) is 0 Å². The van der Waals surface area contributed by atoms with Gasteiger partial charge in [-0.2, -0.15) is 5.26 Å². The zero-order chi connectivity index (χ0) is 22.8. The van der Waals surface area contributed by atoms with Crippen LogP contribution in [0.1, 0.15) is 51.0 Å². The number of amides is 1. The van der Waals surface area contributed by atoms with Crippen LogP contribution >= 0.6 is 0 Å². The van der Waals surface area contributed by atoms with Gasteiger partial charge in [-0.05, 0) is 86.3 Å². The summed E-state index contributed by atoms with van der Waals surface area (Å²) in [7, 11) is 0. The summed E-state index contributed by atoms with van der Waals surface area (Å²) >= 11 is 0. The van der Waals surface area contributed by atoms with Gasteiger partial charge in [0.15, 0.2) is 0 Å². The molecule has 1 amide bonds. The lowest BCUT2D eigenvalue weighted by Gasteiger charge is -2.59. The third kappa shape index (κ3) is 4.55. The maximum absolute atomic E-state index is 13.3. The van der Waals surface area contributed by atoms with Crippen molar-refractivity contribution < 1.29 is 4.79 Å². The van der Waals surface area contributed by atoms with Crippen molar-refractivity contribution in [3.05, 3.63) is 78.0 Å². The number of anilines is 1. The van der Waals surface area contributed by atoms with Crippen molar-refractivity contribution in [1.29, 1.82) is 5.26 Å². The Balaban J connectivity index is 1.35. The third-order valence-corrected chi connectivity index (χ3v) is 8.29. The number of rotatable bonds is 7. The SMILES string of the molecule is CC(NC(=O)/C(C#N)=C\N(Cc1ccccc1)c1ccccc1)C12CC3CC(CC(C3)C1)C2. The van der Waals surface area contributed by atoms with Crippen molar-refractivity contribution in [3.63, 3.8) is 0 Å². The predicted molar refractivity (Wildman–Crippen MR) is 131 cm³/mol. The summed E-state index contributed by atoms with van der Waals surface area (Å²) in [6.45, 7) is 2.76. The van der Waals surface area contributed by atoms with Gasteiger partial charge in [0.2, 0.25) is 0 Å². The normalized spacial score (nSPS) is 28.7. The molecular weight excluding hydrogens is 406 g/mol. The Kier molecular flexibility index (Phi) is 5.98. The summed E-state index contributed by atoms with van der Waals surface area (Å²) in [5, 5.41) is 13.2. The quantitative estimate of drug-likeness (QED) is 0.437. The summed E-state index contributed by atoms with van der Waals surface area (Å²) < 4.78 is 0. The van der Waals surface area contributed by atoms with Gasteiger partial charge in [0.1, 0.15) is 11.6 Å². The third-order valence-electron chi connectivity index (χ3n) is 8.29. The molecule has 6 rings (SSSR count). The first-order valence-corrected chi connectivity index (χ1v) is 12.3. The first-order chi connectivity index (χ1) is 16.0. The number of nitrogens with zero attached hydrogens (tertiary/aromatic N) is 2. The number of nitriles is 1. The molecule has 1 atom stereocenters. The monoisotopic (exact) mass is 439 g/mol. The summed E-state index contributed by atoms with van der Waals surface area (Å²) in [4.78, 5) is 15.3. The van der Waals surface area contributed by atoms with Crippen LogP contribution in [0.5, 0.6) is 0 Å². The number of benzene rings is 2. The highest BCUT2D eigenvalue weighted by molar-refractivity contribution is 5.97. The average molecular weight is 440 g/mol. The highest BCUT2D eigenvalue weighted by Crippen LogP contribution is 2.61. The molecule has 2 aromatic carbocycles. The second kappa shape index (κ2) is 9.06. The molecule has 4 fully saturated rings. The Morgan fingerprint density at radius 2 is 1.58 bits per heavy atom. The van der Waals surface area contributed by atoms with E-state index in [0.717, 1.165) is 29.0 Å². The Morgan fingerprint density at radius 3 is 2.12 bits per heavy atom. The van der Waals surface area contributed by atoms with Gasteiger partial charge in [-0.3, -0.25) is 4.79 Å². The van der Waals surface area contributed by atoms with Crippen molar-refractivity contribution in [2.24, 2.45) is 23.2 Å². The van der Waals surface area contributed by atoms with Crippen molar-refractivity contribution in [1.82, 2.24) is 5.32 Å². The van der Waals surface area contributed by atoms with Gasteiger partial charge in [-0.1, -0.05) is 48.5 Å². The molecule has 4 heteroatoms. The van der Waals surface area contributed by atoms with Crippen LogP contribution in [0.25, 0.3) is 0 Å². The maximum Gasteiger partial charge on any atom is 0.263 e. The molecule has 0 saturated heterocycles. The summed E-state index contributed by atoms with van der Waals surface area (Å²) in [5.74, 6) is 2.25. The molecule has 4 nitrogen and oxygen atoms in total. The lowest BCUT2D eigenvalue weighted by molar-refractivity contribution is -0.122. The molecule has 4 aliphatic rings. The zero-order valence-corrected chi connectivity index (χ0v) is 19.4. The van der Waals surface area contributed by atoms with Gasteiger partial charge in [0, 0.05) is 24.5 Å². The van der Waals surface area contributed by atoms with Crippen LogP contribution in [0.2, 0.25) is 0 Å². The van der Waals surface area contributed by atoms with Crippen LogP contribution < -0.4 is 10.2 Å². The van der Waals surface area contributed by atoms with Crippen molar-refractivity contribution in [2.75, 3.05) is 4.90 Å². The lowest BCUT2D eigenvalue weighted by atomic mass is 9.48. The molecule has 0 spiro atoms. The van der Waals surface area contributed by atoms with Gasteiger partial charge in [0.05, 0.1) is 0 Å². The van der Waals surface area contributed by atoms with Gasteiger partial charge >= 0.3 is 0 Å². The van der Waals surface area contributed by atoms with E-state index in [-0.39, 0.29) is 22.9 Å². The van der Waals surface area contributed by atoms with Crippen LogP contribution in [0.4, 0.5) is 5.69 Å². The van der Waals surface area contributed by atoms with E-state index in [1.165, 1.54) is 38.5 Å². The first kappa shape index (κ1) is 21.8. The topological polar surface area (TPSA) is 56.1 Å². The van der Waals surface area contributed by atoms with E-state index in [2.05, 4.69) is 30.4 Å². The van der Waals surface area contributed by atoms with E-state index in [1.54, 1.807) is 6.20 Å².